The molecule has 1 aliphatic heterocycles. The second-order valence-corrected chi connectivity index (χ2v) is 8.61. The van der Waals surface area contributed by atoms with Crippen LogP contribution in [-0.4, -0.2) is 15.7 Å². The lowest BCUT2D eigenvalue weighted by Crippen LogP contribution is -2.16. The highest BCUT2D eigenvalue weighted by atomic mass is 32.2. The molecule has 4 aromatic rings. The van der Waals surface area contributed by atoms with E-state index in [1.807, 2.05) is 101 Å². The second kappa shape index (κ2) is 9.32. The van der Waals surface area contributed by atoms with Crippen molar-refractivity contribution in [3.05, 3.63) is 102 Å². The van der Waals surface area contributed by atoms with Gasteiger partial charge < -0.3 is 10.1 Å². The van der Waals surface area contributed by atoms with Crippen LogP contribution in [-0.2, 0) is 22.7 Å². The summed E-state index contributed by atoms with van der Waals surface area (Å²) in [5.74, 6) is 4.05. The van der Waals surface area contributed by atoms with Crippen molar-refractivity contribution in [3.8, 4) is 17.2 Å². The molecule has 5 nitrogen and oxygen atoms in total. The number of para-hydroxylation sites is 1. The summed E-state index contributed by atoms with van der Waals surface area (Å²) in [5.41, 5.74) is 4.21. The molecule has 0 saturated heterocycles. The van der Waals surface area contributed by atoms with Gasteiger partial charge in [0.05, 0.1) is 11.4 Å². The summed E-state index contributed by atoms with van der Waals surface area (Å²) < 4.78 is 7.74. The number of aryl methyl sites for hydroxylation is 1. The van der Waals surface area contributed by atoms with Crippen LogP contribution in [0.1, 0.15) is 23.2 Å². The number of hydrogen-bond donors (Lipinski definition) is 1. The van der Waals surface area contributed by atoms with E-state index >= 15 is 0 Å². The third-order valence-corrected chi connectivity index (χ3v) is 6.32. The highest BCUT2D eigenvalue weighted by Gasteiger charge is 2.24. The Bertz CT molecular complexity index is 1210. The summed E-state index contributed by atoms with van der Waals surface area (Å²) in [4.78, 5) is 12.7. The lowest BCUT2D eigenvalue weighted by molar-refractivity contribution is -0.116. The van der Waals surface area contributed by atoms with Crippen molar-refractivity contribution < 1.29 is 9.53 Å². The summed E-state index contributed by atoms with van der Waals surface area (Å²) in [6, 6.07) is 27.5. The number of carbonyl (C=O) groups is 1. The maximum Gasteiger partial charge on any atom is 0.225 e. The van der Waals surface area contributed by atoms with E-state index in [2.05, 4.69) is 5.32 Å². The minimum absolute atomic E-state index is 0.00117. The topological polar surface area (TPSA) is 56.2 Å². The first-order chi connectivity index (χ1) is 15.8. The lowest BCUT2D eigenvalue weighted by Gasteiger charge is -2.12. The average molecular weight is 442 g/mol. The van der Waals surface area contributed by atoms with Crippen molar-refractivity contribution in [2.75, 3.05) is 5.32 Å². The zero-order valence-electron chi connectivity index (χ0n) is 17.5. The largest absolute Gasteiger partial charge is 0.457 e. The maximum atomic E-state index is 12.7. The zero-order valence-corrected chi connectivity index (χ0v) is 18.3. The Balaban J connectivity index is 1.34. The van der Waals surface area contributed by atoms with Gasteiger partial charge in [-0.15, -0.1) is 0 Å². The van der Waals surface area contributed by atoms with Crippen molar-refractivity contribution in [1.29, 1.82) is 0 Å². The first-order valence-corrected chi connectivity index (χ1v) is 11.8. The highest BCUT2D eigenvalue weighted by molar-refractivity contribution is 7.98. The molecule has 0 bridgehead atoms. The van der Waals surface area contributed by atoms with E-state index < -0.39 is 0 Å². The van der Waals surface area contributed by atoms with Gasteiger partial charge in [-0.25, -0.2) is 4.68 Å². The summed E-state index contributed by atoms with van der Waals surface area (Å²) in [5, 5.41) is 7.92. The van der Waals surface area contributed by atoms with Gasteiger partial charge in [0.15, 0.2) is 0 Å². The van der Waals surface area contributed by atoms with Crippen molar-refractivity contribution in [2.45, 2.75) is 24.3 Å². The number of carbonyl (C=O) groups excluding carboxylic acids is 1. The standard InChI is InChI=1S/C26H23N3O2S/c30-25(16-11-19-7-3-1-4-8-19)27-26-23-17-32-18-24(23)28-29(26)20-12-14-22(15-13-20)31-21-9-5-2-6-10-21/h1-10,12-15H,11,16-18H2,(H,27,30). The van der Waals surface area contributed by atoms with Crippen molar-refractivity contribution >= 4 is 23.5 Å². The van der Waals surface area contributed by atoms with Crippen molar-refractivity contribution in [1.82, 2.24) is 9.78 Å². The van der Waals surface area contributed by atoms with Crippen LogP contribution in [0.3, 0.4) is 0 Å². The molecule has 1 aliphatic rings. The first kappa shape index (κ1) is 20.4. The summed E-state index contributed by atoms with van der Waals surface area (Å²) in [6.45, 7) is 0. The molecular formula is C26H23N3O2S. The molecule has 0 atom stereocenters. The number of amides is 1. The number of aromatic nitrogens is 2. The normalized spacial score (nSPS) is 12.4. The van der Waals surface area contributed by atoms with Gasteiger partial charge in [-0.2, -0.15) is 16.9 Å². The van der Waals surface area contributed by atoms with E-state index in [1.54, 1.807) is 0 Å². The zero-order chi connectivity index (χ0) is 21.8. The number of thioether (sulfide) groups is 1. The van der Waals surface area contributed by atoms with Crippen LogP contribution in [0.25, 0.3) is 5.69 Å². The molecule has 0 unspecified atom stereocenters. The van der Waals surface area contributed by atoms with Crippen LogP contribution in [0.15, 0.2) is 84.9 Å². The number of nitrogens with zero attached hydrogens (tertiary/aromatic N) is 2. The number of fused-ring (bicyclic) bond motifs is 1. The predicted octanol–water partition coefficient (Wildman–Crippen LogP) is 5.98. The van der Waals surface area contributed by atoms with Gasteiger partial charge in [0, 0.05) is 23.5 Å². The summed E-state index contributed by atoms with van der Waals surface area (Å²) in [6.07, 6.45) is 1.14. The minimum atomic E-state index is -0.00117. The summed E-state index contributed by atoms with van der Waals surface area (Å²) >= 11 is 1.82. The van der Waals surface area contributed by atoms with Crippen LogP contribution in [0.2, 0.25) is 0 Å². The molecule has 0 saturated carbocycles. The molecular weight excluding hydrogens is 418 g/mol. The fraction of sp³-hybridized carbons (Fsp3) is 0.154. The van der Waals surface area contributed by atoms with Gasteiger partial charge in [0.25, 0.3) is 0 Å². The van der Waals surface area contributed by atoms with E-state index in [9.17, 15) is 4.79 Å². The Morgan fingerprint density at radius 3 is 2.34 bits per heavy atom. The fourth-order valence-corrected chi connectivity index (χ4v) is 4.74. The number of benzene rings is 3. The monoisotopic (exact) mass is 441 g/mol. The molecule has 3 aromatic carbocycles. The van der Waals surface area contributed by atoms with Crippen molar-refractivity contribution in [2.24, 2.45) is 0 Å². The Morgan fingerprint density at radius 2 is 1.59 bits per heavy atom. The van der Waals surface area contributed by atoms with Gasteiger partial charge in [0.2, 0.25) is 5.91 Å². The second-order valence-electron chi connectivity index (χ2n) is 7.62. The third kappa shape index (κ3) is 4.55. The van der Waals surface area contributed by atoms with E-state index in [-0.39, 0.29) is 5.91 Å². The highest BCUT2D eigenvalue weighted by Crippen LogP contribution is 2.36. The van der Waals surface area contributed by atoms with E-state index in [4.69, 9.17) is 9.84 Å². The van der Waals surface area contributed by atoms with Gasteiger partial charge in [-0.1, -0.05) is 48.5 Å². The number of anilines is 1. The smallest absolute Gasteiger partial charge is 0.225 e. The Kier molecular flexibility index (Phi) is 5.94. The minimum Gasteiger partial charge on any atom is -0.457 e. The van der Waals surface area contributed by atoms with Crippen LogP contribution in [0.4, 0.5) is 5.82 Å². The van der Waals surface area contributed by atoms with Crippen LogP contribution in [0, 0.1) is 0 Å². The average Bonchev–Trinajstić information content (AvgIpc) is 3.42. The fourth-order valence-electron chi connectivity index (χ4n) is 3.71. The molecule has 2 heterocycles. The molecule has 1 N–H and O–H groups in total. The Morgan fingerprint density at radius 1 is 0.906 bits per heavy atom. The van der Waals surface area contributed by atoms with Gasteiger partial charge in [0.1, 0.15) is 17.3 Å². The van der Waals surface area contributed by atoms with E-state index in [0.29, 0.717) is 12.8 Å². The van der Waals surface area contributed by atoms with Crippen LogP contribution < -0.4 is 10.1 Å². The number of ether oxygens (including phenoxy) is 1. The third-order valence-electron chi connectivity index (χ3n) is 5.35. The SMILES string of the molecule is O=C(CCc1ccccc1)Nc1c2c(nn1-c1ccc(Oc3ccccc3)cc1)CSC2. The van der Waals surface area contributed by atoms with Gasteiger partial charge >= 0.3 is 0 Å². The maximum absolute atomic E-state index is 12.7. The number of hydrogen-bond acceptors (Lipinski definition) is 4. The number of rotatable bonds is 7. The van der Waals surface area contributed by atoms with Gasteiger partial charge in [-0.3, -0.25) is 4.79 Å². The molecule has 6 heteroatoms. The Hall–Kier alpha value is -3.51. The first-order valence-electron chi connectivity index (χ1n) is 10.6. The molecule has 32 heavy (non-hydrogen) atoms. The molecule has 0 fully saturated rings. The molecule has 0 spiro atoms. The molecule has 1 aromatic heterocycles. The van der Waals surface area contributed by atoms with Crippen LogP contribution in [0.5, 0.6) is 11.5 Å². The lowest BCUT2D eigenvalue weighted by atomic mass is 10.1. The summed E-state index contributed by atoms with van der Waals surface area (Å²) in [7, 11) is 0. The van der Waals surface area contributed by atoms with E-state index in [0.717, 1.165) is 51.3 Å². The van der Waals surface area contributed by atoms with E-state index in [1.165, 1.54) is 0 Å². The molecule has 5 rings (SSSR count). The molecule has 1 amide bonds. The molecule has 0 radical (unpaired) electrons. The van der Waals surface area contributed by atoms with Gasteiger partial charge in [-0.05, 0) is 48.4 Å². The molecule has 160 valence electrons. The quantitative estimate of drug-likeness (QED) is 0.383. The number of nitrogens with one attached hydrogen (secondary N) is 1. The predicted molar refractivity (Wildman–Crippen MR) is 128 cm³/mol. The van der Waals surface area contributed by atoms with Crippen molar-refractivity contribution in [3.63, 3.8) is 0 Å². The van der Waals surface area contributed by atoms with Crippen LogP contribution >= 0.6 is 11.8 Å². The molecule has 0 aliphatic carbocycles. The Labute approximate surface area is 191 Å².